The van der Waals surface area contributed by atoms with E-state index in [1.807, 2.05) is 47.4 Å². The number of piperazine rings is 1. The van der Waals surface area contributed by atoms with E-state index in [1.165, 1.54) is 5.56 Å². The first-order chi connectivity index (χ1) is 16.0. The molecule has 0 atom stereocenters. The summed E-state index contributed by atoms with van der Waals surface area (Å²) in [7, 11) is 0. The Morgan fingerprint density at radius 1 is 0.879 bits per heavy atom. The second kappa shape index (κ2) is 8.58. The molecule has 33 heavy (non-hydrogen) atoms. The molecule has 3 aromatic carbocycles. The van der Waals surface area contributed by atoms with Crippen LogP contribution in [0.3, 0.4) is 0 Å². The zero-order valence-corrected chi connectivity index (χ0v) is 19.0. The molecule has 166 valence electrons. The Morgan fingerprint density at radius 2 is 1.67 bits per heavy atom. The molecule has 0 bridgehead atoms. The predicted molar refractivity (Wildman–Crippen MR) is 133 cm³/mol. The highest BCUT2D eigenvalue weighted by atomic mass is 16.3. The summed E-state index contributed by atoms with van der Waals surface area (Å²) in [5.74, 6) is 0.295. The number of para-hydroxylation sites is 1. The molecule has 5 nitrogen and oxygen atoms in total. The first-order valence-electron chi connectivity index (χ1n) is 11.3. The van der Waals surface area contributed by atoms with E-state index in [9.17, 15) is 9.90 Å². The number of hydrogen-bond acceptors (Lipinski definition) is 4. The molecule has 1 aliphatic rings. The molecule has 2 heterocycles. The lowest BCUT2D eigenvalue weighted by Gasteiger charge is -2.36. The summed E-state index contributed by atoms with van der Waals surface area (Å²) in [5, 5.41) is 10.7. The van der Waals surface area contributed by atoms with Crippen molar-refractivity contribution in [3.05, 3.63) is 89.5 Å². The van der Waals surface area contributed by atoms with Crippen molar-refractivity contribution in [2.45, 2.75) is 13.8 Å². The molecule has 0 radical (unpaired) electrons. The lowest BCUT2D eigenvalue weighted by molar-refractivity contribution is 0.0748. The number of aromatic hydroxyl groups is 1. The smallest absolute Gasteiger partial charge is 0.254 e. The van der Waals surface area contributed by atoms with E-state index in [0.717, 1.165) is 46.5 Å². The van der Waals surface area contributed by atoms with E-state index in [2.05, 4.69) is 36.9 Å². The van der Waals surface area contributed by atoms with Crippen LogP contribution in [0.25, 0.3) is 22.2 Å². The van der Waals surface area contributed by atoms with Crippen molar-refractivity contribution in [1.82, 2.24) is 9.88 Å². The van der Waals surface area contributed by atoms with Crippen LogP contribution >= 0.6 is 0 Å². The van der Waals surface area contributed by atoms with Crippen LogP contribution in [0.4, 0.5) is 5.69 Å². The molecule has 1 saturated heterocycles. The summed E-state index contributed by atoms with van der Waals surface area (Å²) in [6.45, 7) is 6.87. The van der Waals surface area contributed by atoms with Crippen LogP contribution in [0.2, 0.25) is 0 Å². The molecule has 1 amide bonds. The minimum Gasteiger partial charge on any atom is -0.508 e. The average Bonchev–Trinajstić information content (AvgIpc) is 2.83. The van der Waals surface area contributed by atoms with Gasteiger partial charge in [0.15, 0.2) is 0 Å². The fourth-order valence-corrected chi connectivity index (χ4v) is 4.62. The van der Waals surface area contributed by atoms with Crippen LogP contribution in [-0.4, -0.2) is 47.1 Å². The molecule has 0 saturated carbocycles. The van der Waals surface area contributed by atoms with Gasteiger partial charge in [0, 0.05) is 48.9 Å². The Bertz CT molecular complexity index is 1340. The van der Waals surface area contributed by atoms with E-state index < -0.39 is 0 Å². The number of nitrogens with zero attached hydrogens (tertiary/aromatic N) is 3. The molecule has 0 spiro atoms. The minimum atomic E-state index is 0.0372. The fourth-order valence-electron chi connectivity index (χ4n) is 4.62. The van der Waals surface area contributed by atoms with Gasteiger partial charge in [-0.15, -0.1) is 0 Å². The van der Waals surface area contributed by atoms with Crippen LogP contribution in [-0.2, 0) is 0 Å². The van der Waals surface area contributed by atoms with Gasteiger partial charge in [-0.05, 0) is 43.7 Å². The van der Waals surface area contributed by atoms with E-state index in [1.54, 1.807) is 12.1 Å². The van der Waals surface area contributed by atoms with Gasteiger partial charge >= 0.3 is 0 Å². The largest absolute Gasteiger partial charge is 0.508 e. The number of aromatic nitrogens is 1. The summed E-state index contributed by atoms with van der Waals surface area (Å²) in [5.41, 5.74) is 6.74. The van der Waals surface area contributed by atoms with E-state index in [-0.39, 0.29) is 11.7 Å². The van der Waals surface area contributed by atoms with Gasteiger partial charge in [0.2, 0.25) is 0 Å². The van der Waals surface area contributed by atoms with Crippen molar-refractivity contribution >= 4 is 22.5 Å². The van der Waals surface area contributed by atoms with Gasteiger partial charge in [-0.3, -0.25) is 4.79 Å². The quantitative estimate of drug-likeness (QED) is 0.479. The van der Waals surface area contributed by atoms with Gasteiger partial charge in [0.25, 0.3) is 5.91 Å². The van der Waals surface area contributed by atoms with Crippen LogP contribution in [0.1, 0.15) is 21.5 Å². The third kappa shape index (κ3) is 4.14. The molecule has 4 aromatic rings. The van der Waals surface area contributed by atoms with Crippen molar-refractivity contribution < 1.29 is 9.90 Å². The van der Waals surface area contributed by atoms with Crippen LogP contribution < -0.4 is 4.90 Å². The van der Waals surface area contributed by atoms with Gasteiger partial charge in [-0.1, -0.05) is 48.0 Å². The minimum absolute atomic E-state index is 0.0372. The standard InChI is InChI=1S/C28H27N3O2/c1-19-10-11-23(20(2)16-19)27-18-25(24-8-3-4-9-26(24)29-27)28(33)31-14-12-30(13-15-31)21-6-5-7-22(32)17-21/h3-11,16-18,32H,12-15H2,1-2H3. The lowest BCUT2D eigenvalue weighted by atomic mass is 9.99. The number of carbonyl (C=O) groups is 1. The van der Waals surface area contributed by atoms with Crippen LogP contribution in [0.15, 0.2) is 72.8 Å². The number of carbonyl (C=O) groups excluding carboxylic acids is 1. The first kappa shape index (κ1) is 21.0. The van der Waals surface area contributed by atoms with E-state index >= 15 is 0 Å². The second-order valence-corrected chi connectivity index (χ2v) is 8.69. The van der Waals surface area contributed by atoms with Gasteiger partial charge < -0.3 is 14.9 Å². The Kier molecular flexibility index (Phi) is 5.47. The monoisotopic (exact) mass is 437 g/mol. The molecule has 0 unspecified atom stereocenters. The summed E-state index contributed by atoms with van der Waals surface area (Å²) in [4.78, 5) is 22.7. The summed E-state index contributed by atoms with van der Waals surface area (Å²) in [6, 6.07) is 23.4. The number of phenolic OH excluding ortho intramolecular Hbond substituents is 1. The molecule has 5 rings (SSSR count). The number of fused-ring (bicyclic) bond motifs is 1. The molecule has 1 fully saturated rings. The topological polar surface area (TPSA) is 56.7 Å². The Balaban J connectivity index is 1.46. The maximum Gasteiger partial charge on any atom is 0.254 e. The number of aryl methyl sites for hydroxylation is 2. The summed E-state index contributed by atoms with van der Waals surface area (Å²) >= 11 is 0. The highest BCUT2D eigenvalue weighted by Gasteiger charge is 2.25. The lowest BCUT2D eigenvalue weighted by Crippen LogP contribution is -2.48. The molecule has 5 heteroatoms. The number of phenols is 1. The number of anilines is 1. The van der Waals surface area contributed by atoms with Crippen molar-refractivity contribution in [3.63, 3.8) is 0 Å². The second-order valence-electron chi connectivity index (χ2n) is 8.69. The predicted octanol–water partition coefficient (Wildman–Crippen LogP) is 5.19. The van der Waals surface area contributed by atoms with Crippen LogP contribution in [0.5, 0.6) is 5.75 Å². The molecule has 1 aliphatic heterocycles. The highest BCUT2D eigenvalue weighted by molar-refractivity contribution is 6.07. The van der Waals surface area contributed by atoms with Gasteiger partial charge in [0.05, 0.1) is 16.8 Å². The third-order valence-electron chi connectivity index (χ3n) is 6.37. The summed E-state index contributed by atoms with van der Waals surface area (Å²) in [6.07, 6.45) is 0. The van der Waals surface area contributed by atoms with Crippen molar-refractivity contribution in [2.24, 2.45) is 0 Å². The SMILES string of the molecule is Cc1ccc(-c2cc(C(=O)N3CCN(c4cccc(O)c4)CC3)c3ccccc3n2)c(C)c1. The number of rotatable bonds is 3. The van der Waals surface area contributed by atoms with Gasteiger partial charge in [-0.2, -0.15) is 0 Å². The maximum atomic E-state index is 13.7. The molecular formula is C28H27N3O2. The van der Waals surface area contributed by atoms with E-state index in [4.69, 9.17) is 4.98 Å². The zero-order chi connectivity index (χ0) is 22.9. The Hall–Kier alpha value is -3.86. The normalized spacial score (nSPS) is 14.0. The van der Waals surface area contributed by atoms with Gasteiger partial charge in [-0.25, -0.2) is 4.98 Å². The molecule has 1 aromatic heterocycles. The number of pyridine rings is 1. The van der Waals surface area contributed by atoms with Crippen molar-refractivity contribution in [2.75, 3.05) is 31.1 Å². The molecule has 0 aliphatic carbocycles. The molecular weight excluding hydrogens is 410 g/mol. The van der Waals surface area contributed by atoms with Crippen LogP contribution in [0, 0.1) is 13.8 Å². The number of hydrogen-bond donors (Lipinski definition) is 1. The highest BCUT2D eigenvalue weighted by Crippen LogP contribution is 2.29. The van der Waals surface area contributed by atoms with Crippen molar-refractivity contribution in [3.8, 4) is 17.0 Å². The fraction of sp³-hybridized carbons (Fsp3) is 0.214. The first-order valence-corrected chi connectivity index (χ1v) is 11.3. The maximum absolute atomic E-state index is 13.7. The number of benzene rings is 3. The van der Waals surface area contributed by atoms with E-state index in [0.29, 0.717) is 18.7 Å². The number of amides is 1. The third-order valence-corrected chi connectivity index (χ3v) is 6.37. The Labute approximate surface area is 193 Å². The molecule has 1 N–H and O–H groups in total. The average molecular weight is 438 g/mol. The Morgan fingerprint density at radius 3 is 2.42 bits per heavy atom. The summed E-state index contributed by atoms with van der Waals surface area (Å²) < 4.78 is 0. The zero-order valence-electron chi connectivity index (χ0n) is 19.0. The van der Waals surface area contributed by atoms with Crippen molar-refractivity contribution in [1.29, 1.82) is 0 Å². The van der Waals surface area contributed by atoms with Gasteiger partial charge in [0.1, 0.15) is 5.75 Å².